The summed E-state index contributed by atoms with van der Waals surface area (Å²) in [5.74, 6) is -6.13. The van der Waals surface area contributed by atoms with E-state index < -0.39 is 44.0 Å². The van der Waals surface area contributed by atoms with Crippen LogP contribution in [0.4, 0.5) is 0 Å². The summed E-state index contributed by atoms with van der Waals surface area (Å²) in [6.45, 7) is -3.36. The van der Waals surface area contributed by atoms with E-state index in [1.807, 2.05) is 0 Å². The van der Waals surface area contributed by atoms with E-state index in [0.717, 1.165) is 0 Å². The first kappa shape index (κ1) is 4.68. The van der Waals surface area contributed by atoms with E-state index in [4.69, 9.17) is 14.3 Å². The molecule has 1 saturated heterocycles. The number of imidazole rings is 1. The highest BCUT2D eigenvalue weighted by atomic mass is 16.5. The molecule has 2 rings (SSSR count). The van der Waals surface area contributed by atoms with Crippen molar-refractivity contribution in [2.75, 3.05) is 6.61 Å². The molecule has 4 nitrogen and oxygen atoms in total. The fourth-order valence-electron chi connectivity index (χ4n) is 1.36. The lowest BCUT2D eigenvalue weighted by Crippen LogP contribution is -2.18. The standard InChI is InChI=1S/C11H16N2O2/c1-3-10-8(6-15-11(10)14)4-9-5-12-7-13(9)2/h5,7-8,10H,3-4,6H2,1-2H3/t8-,10-/m0/s1/i1D3,4D2,8D,10D. The molecule has 2 atom stereocenters. The number of cyclic esters (lactones) is 1. The molecule has 15 heavy (non-hydrogen) atoms. The molecule has 1 aromatic heterocycles. The maximum Gasteiger partial charge on any atom is 0.309 e. The number of hydrogen-bond acceptors (Lipinski definition) is 3. The van der Waals surface area contributed by atoms with Crippen molar-refractivity contribution in [2.45, 2.75) is 19.6 Å². The van der Waals surface area contributed by atoms with Gasteiger partial charge in [-0.3, -0.25) is 4.79 Å². The first-order valence-electron chi connectivity index (χ1n) is 7.99. The normalized spacial score (nSPS) is 44.1. The molecule has 0 saturated carbocycles. The Labute approximate surface area is 99.1 Å². The zero-order valence-electron chi connectivity index (χ0n) is 15.3. The molecule has 1 fully saturated rings. The molecule has 0 aliphatic carbocycles. The number of aromatic nitrogens is 2. The molecule has 0 N–H and O–H groups in total. The van der Waals surface area contributed by atoms with Crippen LogP contribution in [0.5, 0.6) is 0 Å². The average molecular weight is 215 g/mol. The predicted octanol–water partition coefficient (Wildman–Crippen LogP) is 1.16. The fourth-order valence-corrected chi connectivity index (χ4v) is 1.36. The Kier molecular flexibility index (Phi) is 1.26. The minimum atomic E-state index is -2.67. The van der Waals surface area contributed by atoms with E-state index in [1.54, 1.807) is 0 Å². The Morgan fingerprint density at radius 3 is 3.47 bits per heavy atom. The van der Waals surface area contributed by atoms with Crippen molar-refractivity contribution in [3.8, 4) is 0 Å². The van der Waals surface area contributed by atoms with Crippen LogP contribution in [-0.2, 0) is 23.0 Å². The highest BCUT2D eigenvalue weighted by molar-refractivity contribution is 5.74. The van der Waals surface area contributed by atoms with Gasteiger partial charge in [0.25, 0.3) is 0 Å². The second-order valence-electron chi connectivity index (χ2n) is 3.22. The molecular weight excluding hydrogens is 192 g/mol. The Hall–Kier alpha value is -1.32. The summed E-state index contributed by atoms with van der Waals surface area (Å²) in [6, 6.07) is 0. The van der Waals surface area contributed by atoms with E-state index in [0.29, 0.717) is 0 Å². The van der Waals surface area contributed by atoms with E-state index in [-0.39, 0.29) is 5.69 Å². The minimum Gasteiger partial charge on any atom is -0.465 e. The van der Waals surface area contributed by atoms with Gasteiger partial charge >= 0.3 is 5.97 Å². The van der Waals surface area contributed by atoms with Gasteiger partial charge in [-0.25, -0.2) is 4.98 Å². The Morgan fingerprint density at radius 2 is 2.80 bits per heavy atom. The van der Waals surface area contributed by atoms with Gasteiger partial charge in [0.2, 0.25) is 0 Å². The van der Waals surface area contributed by atoms with Gasteiger partial charge in [-0.2, -0.15) is 0 Å². The number of hydrogen-bond donors (Lipinski definition) is 0. The molecule has 4 heteroatoms. The van der Waals surface area contributed by atoms with Gasteiger partial charge in [-0.1, -0.05) is 6.85 Å². The number of carbonyl (C=O) groups excluding carboxylic acids is 1. The fraction of sp³-hybridized carbons (Fsp3) is 0.636. The second kappa shape index (κ2) is 4.04. The Balaban J connectivity index is 2.55. The number of ether oxygens (including phenoxy) is 1. The van der Waals surface area contributed by atoms with Gasteiger partial charge in [0, 0.05) is 34.4 Å². The Bertz CT molecular complexity index is 600. The maximum atomic E-state index is 11.9. The molecule has 1 aromatic rings. The summed E-state index contributed by atoms with van der Waals surface area (Å²) in [4.78, 5) is 15.7. The van der Waals surface area contributed by atoms with Crippen molar-refractivity contribution in [1.29, 1.82) is 0 Å². The van der Waals surface area contributed by atoms with Gasteiger partial charge in [0.05, 0.1) is 18.8 Å². The summed E-state index contributed by atoms with van der Waals surface area (Å²) in [7, 11) is 1.51. The largest absolute Gasteiger partial charge is 0.465 e. The van der Waals surface area contributed by atoms with Crippen molar-refractivity contribution in [2.24, 2.45) is 18.8 Å². The van der Waals surface area contributed by atoms with E-state index in [2.05, 4.69) is 4.98 Å². The zero-order valence-corrected chi connectivity index (χ0v) is 8.28. The van der Waals surface area contributed by atoms with Crippen LogP contribution in [0.1, 0.15) is 28.6 Å². The predicted molar refractivity (Wildman–Crippen MR) is 55.1 cm³/mol. The maximum absolute atomic E-state index is 11.9. The molecular formula is C11H16N2O2. The molecule has 0 unspecified atom stereocenters. The summed E-state index contributed by atoms with van der Waals surface area (Å²) in [5, 5.41) is 0. The summed E-state index contributed by atoms with van der Waals surface area (Å²) in [5.41, 5.74) is -0.0250. The van der Waals surface area contributed by atoms with Crippen LogP contribution < -0.4 is 0 Å². The van der Waals surface area contributed by atoms with Crippen LogP contribution >= 0.6 is 0 Å². The van der Waals surface area contributed by atoms with Crippen LogP contribution in [0.15, 0.2) is 12.5 Å². The molecule has 2 heterocycles. The quantitative estimate of drug-likeness (QED) is 0.711. The van der Waals surface area contributed by atoms with Gasteiger partial charge in [0.15, 0.2) is 0 Å². The number of carbonyl (C=O) groups is 1. The van der Waals surface area contributed by atoms with Crippen LogP contribution in [0.3, 0.4) is 0 Å². The van der Waals surface area contributed by atoms with Gasteiger partial charge in [0.1, 0.15) is 0 Å². The minimum absolute atomic E-state index is 0.0250. The smallest absolute Gasteiger partial charge is 0.309 e. The van der Waals surface area contributed by atoms with Gasteiger partial charge in [-0.05, 0) is 12.8 Å². The lowest BCUT2D eigenvalue weighted by molar-refractivity contribution is -0.141. The molecule has 0 amide bonds. The molecule has 82 valence electrons. The number of rotatable bonds is 3. The van der Waals surface area contributed by atoms with E-state index >= 15 is 0 Å². The van der Waals surface area contributed by atoms with Crippen LogP contribution in [0.2, 0.25) is 0 Å². The van der Waals surface area contributed by atoms with Gasteiger partial charge in [-0.15, -0.1) is 0 Å². The van der Waals surface area contributed by atoms with Crippen LogP contribution in [0, 0.1) is 11.8 Å². The van der Waals surface area contributed by atoms with Crippen molar-refractivity contribution < 1.29 is 19.1 Å². The topological polar surface area (TPSA) is 44.1 Å². The molecule has 0 spiro atoms. The zero-order chi connectivity index (χ0) is 17.0. The van der Waals surface area contributed by atoms with Crippen LogP contribution in [0.25, 0.3) is 0 Å². The molecule has 0 bridgehead atoms. The van der Waals surface area contributed by atoms with Crippen molar-refractivity contribution >= 4 is 5.97 Å². The van der Waals surface area contributed by atoms with Gasteiger partial charge < -0.3 is 9.30 Å². The molecule has 0 radical (unpaired) electrons. The second-order valence-corrected chi connectivity index (χ2v) is 3.22. The first-order valence-corrected chi connectivity index (χ1v) is 4.49. The molecule has 1 aliphatic heterocycles. The van der Waals surface area contributed by atoms with Crippen LogP contribution in [-0.4, -0.2) is 22.1 Å². The van der Waals surface area contributed by atoms with Crippen molar-refractivity contribution in [3.05, 3.63) is 18.2 Å². The Morgan fingerprint density at radius 1 is 1.93 bits per heavy atom. The number of esters is 1. The van der Waals surface area contributed by atoms with E-state index in [9.17, 15) is 4.79 Å². The van der Waals surface area contributed by atoms with Crippen molar-refractivity contribution in [1.82, 2.24) is 9.55 Å². The number of aryl methyl sites for hydroxylation is 1. The third kappa shape index (κ3) is 1.89. The summed E-state index contributed by atoms with van der Waals surface area (Å²) >= 11 is 0. The summed E-state index contributed by atoms with van der Waals surface area (Å²) in [6.07, 6.45) is -0.949. The molecule has 1 aliphatic rings. The lowest BCUT2D eigenvalue weighted by Gasteiger charge is -2.12. The first-order chi connectivity index (χ1) is 9.85. The highest BCUT2D eigenvalue weighted by Crippen LogP contribution is 2.27. The number of nitrogens with zero attached hydrogens (tertiary/aromatic N) is 2. The summed E-state index contributed by atoms with van der Waals surface area (Å²) < 4.78 is 61.1. The SMILES string of the molecule is [2H]C([2H])([2H])C[C@]1([2H])C(=O)OC[C@]1([2H])C([2H])([2H])c1cncn1C. The highest BCUT2D eigenvalue weighted by Gasteiger charge is 2.35. The third-order valence-electron chi connectivity index (χ3n) is 2.23. The monoisotopic (exact) mass is 215 g/mol. The molecule has 0 aromatic carbocycles. The third-order valence-corrected chi connectivity index (χ3v) is 2.23. The lowest BCUT2D eigenvalue weighted by atomic mass is 9.89. The van der Waals surface area contributed by atoms with Crippen molar-refractivity contribution in [3.63, 3.8) is 0 Å². The van der Waals surface area contributed by atoms with E-state index in [1.165, 1.54) is 24.1 Å². The average Bonchev–Trinajstić information content (AvgIpc) is 2.87.